The maximum atomic E-state index is 14.0. The van der Waals surface area contributed by atoms with Crippen molar-refractivity contribution in [2.45, 2.75) is 58.2 Å². The number of hydrogen-bond donors (Lipinski definition) is 2. The average Bonchev–Trinajstić information content (AvgIpc) is 2.85. The highest BCUT2D eigenvalue weighted by Crippen LogP contribution is 2.24. The molecule has 0 saturated carbocycles. The second kappa shape index (κ2) is 7.90. The smallest absolute Gasteiger partial charge is 0.132 e. The van der Waals surface area contributed by atoms with Crippen LogP contribution in [0.2, 0.25) is 0 Å². The Balaban J connectivity index is 1.97. The predicted molar refractivity (Wildman–Crippen MR) is 95.1 cm³/mol. The van der Waals surface area contributed by atoms with E-state index < -0.39 is 5.60 Å². The van der Waals surface area contributed by atoms with Crippen molar-refractivity contribution in [3.63, 3.8) is 0 Å². The molecule has 2 rings (SSSR count). The summed E-state index contributed by atoms with van der Waals surface area (Å²) in [4.78, 5) is 0. The van der Waals surface area contributed by atoms with Crippen LogP contribution in [0.1, 0.15) is 45.6 Å². The molecule has 0 aliphatic carbocycles. The first-order chi connectivity index (χ1) is 11.3. The predicted octanol–water partition coefficient (Wildman–Crippen LogP) is 3.65. The largest absolute Gasteiger partial charge is 0.390 e. The highest BCUT2D eigenvalue weighted by Gasteiger charge is 2.15. The molecule has 0 aliphatic heterocycles. The van der Waals surface area contributed by atoms with Crippen molar-refractivity contribution in [2.24, 2.45) is 7.05 Å². The van der Waals surface area contributed by atoms with Gasteiger partial charge in [-0.1, -0.05) is 12.1 Å². The number of halogens is 1. The Kier molecular flexibility index (Phi) is 6.13. The molecule has 0 fully saturated rings. The molecule has 0 radical (unpaired) electrons. The molecule has 2 aromatic rings. The summed E-state index contributed by atoms with van der Waals surface area (Å²) in [5, 5.41) is 17.7. The van der Waals surface area contributed by atoms with E-state index in [9.17, 15) is 9.50 Å². The molecular weight excluding hydrogens is 305 g/mol. The number of nitrogens with zero attached hydrogens (tertiary/aromatic N) is 2. The molecule has 0 bridgehead atoms. The molecule has 1 heterocycles. The van der Waals surface area contributed by atoms with Gasteiger partial charge in [0.1, 0.15) is 5.82 Å². The van der Waals surface area contributed by atoms with Gasteiger partial charge in [0.15, 0.2) is 0 Å². The van der Waals surface area contributed by atoms with Crippen LogP contribution in [-0.4, -0.2) is 26.5 Å². The zero-order valence-electron chi connectivity index (χ0n) is 15.0. The summed E-state index contributed by atoms with van der Waals surface area (Å²) >= 11 is 0. The summed E-state index contributed by atoms with van der Waals surface area (Å²) in [5.41, 5.74) is 1.59. The average molecular weight is 333 g/mol. The molecule has 0 spiro atoms. The number of rotatable bonds is 8. The molecule has 0 saturated heterocycles. The maximum absolute atomic E-state index is 14.0. The third kappa shape index (κ3) is 5.42. The lowest BCUT2D eigenvalue weighted by molar-refractivity contribution is 0.0675. The summed E-state index contributed by atoms with van der Waals surface area (Å²) in [7, 11) is 1.85. The SMILES string of the molecule is C[C@@H](CCCC(C)(C)O)NCc1cn(C)nc1-c1ccccc1F. The van der Waals surface area contributed by atoms with Crippen LogP contribution in [0.15, 0.2) is 30.5 Å². The lowest BCUT2D eigenvalue weighted by Crippen LogP contribution is -2.26. The molecule has 0 unspecified atom stereocenters. The lowest BCUT2D eigenvalue weighted by Gasteiger charge is -2.19. The van der Waals surface area contributed by atoms with Crippen molar-refractivity contribution in [3.05, 3.63) is 41.8 Å². The lowest BCUT2D eigenvalue weighted by atomic mass is 9.99. The molecule has 0 amide bonds. The number of hydrogen-bond acceptors (Lipinski definition) is 3. The maximum Gasteiger partial charge on any atom is 0.132 e. The Bertz CT molecular complexity index is 661. The molecule has 2 N–H and O–H groups in total. The molecule has 1 aromatic heterocycles. The number of aryl methyl sites for hydroxylation is 1. The minimum absolute atomic E-state index is 0.254. The molecule has 132 valence electrons. The van der Waals surface area contributed by atoms with E-state index in [0.717, 1.165) is 24.8 Å². The topological polar surface area (TPSA) is 50.1 Å². The fraction of sp³-hybridized carbons (Fsp3) is 0.526. The summed E-state index contributed by atoms with van der Waals surface area (Å²) < 4.78 is 15.8. The van der Waals surface area contributed by atoms with Crippen molar-refractivity contribution >= 4 is 0 Å². The third-order valence-electron chi connectivity index (χ3n) is 4.10. The normalized spacial score (nSPS) is 13.2. The van der Waals surface area contributed by atoms with Gasteiger partial charge in [0.2, 0.25) is 0 Å². The molecule has 0 aliphatic rings. The van der Waals surface area contributed by atoms with Gasteiger partial charge in [0.05, 0.1) is 11.3 Å². The van der Waals surface area contributed by atoms with Crippen LogP contribution < -0.4 is 5.32 Å². The minimum Gasteiger partial charge on any atom is -0.390 e. The molecule has 24 heavy (non-hydrogen) atoms. The summed E-state index contributed by atoms with van der Waals surface area (Å²) in [6, 6.07) is 7.04. The summed E-state index contributed by atoms with van der Waals surface area (Å²) in [6.45, 7) is 6.44. The fourth-order valence-corrected chi connectivity index (χ4v) is 2.77. The van der Waals surface area contributed by atoms with Crippen LogP contribution in [0.25, 0.3) is 11.3 Å². The van der Waals surface area contributed by atoms with E-state index in [2.05, 4.69) is 17.3 Å². The van der Waals surface area contributed by atoms with Crippen molar-refractivity contribution < 1.29 is 9.50 Å². The third-order valence-corrected chi connectivity index (χ3v) is 4.10. The quantitative estimate of drug-likeness (QED) is 0.775. The Labute approximate surface area is 143 Å². The van der Waals surface area contributed by atoms with Crippen LogP contribution >= 0.6 is 0 Å². The van der Waals surface area contributed by atoms with Gasteiger partial charge >= 0.3 is 0 Å². The first-order valence-electron chi connectivity index (χ1n) is 8.49. The van der Waals surface area contributed by atoms with Crippen LogP contribution in [0.5, 0.6) is 0 Å². The van der Waals surface area contributed by atoms with Gasteiger partial charge in [-0.2, -0.15) is 5.10 Å². The highest BCUT2D eigenvalue weighted by molar-refractivity contribution is 5.63. The van der Waals surface area contributed by atoms with E-state index in [-0.39, 0.29) is 5.82 Å². The molecule has 1 aromatic carbocycles. The standard InChI is InChI=1S/C19H28FN3O/c1-14(8-7-11-19(2,3)24)21-12-15-13-23(4)22-18(15)16-9-5-6-10-17(16)20/h5-6,9-10,13-14,21,24H,7-8,11-12H2,1-4H3/t14-/m0/s1. The Morgan fingerprint density at radius 3 is 2.71 bits per heavy atom. The number of aliphatic hydroxyl groups is 1. The van der Waals surface area contributed by atoms with Gasteiger partial charge in [0.25, 0.3) is 0 Å². The van der Waals surface area contributed by atoms with Crippen LogP contribution in [-0.2, 0) is 13.6 Å². The molecule has 1 atom stereocenters. The van der Waals surface area contributed by atoms with E-state index in [1.54, 1.807) is 16.8 Å². The minimum atomic E-state index is -0.610. The summed E-state index contributed by atoms with van der Waals surface area (Å²) in [6.07, 6.45) is 4.66. The zero-order valence-corrected chi connectivity index (χ0v) is 15.0. The van der Waals surface area contributed by atoms with Gasteiger partial charge in [-0.05, 0) is 52.2 Å². The van der Waals surface area contributed by atoms with E-state index in [4.69, 9.17) is 0 Å². The first-order valence-corrected chi connectivity index (χ1v) is 8.49. The second-order valence-corrected chi connectivity index (χ2v) is 7.14. The Morgan fingerprint density at radius 2 is 2.04 bits per heavy atom. The van der Waals surface area contributed by atoms with Crippen LogP contribution in [0, 0.1) is 5.82 Å². The number of nitrogens with one attached hydrogen (secondary N) is 1. The number of benzene rings is 1. The van der Waals surface area contributed by atoms with Crippen molar-refractivity contribution in [3.8, 4) is 11.3 Å². The van der Waals surface area contributed by atoms with Crippen molar-refractivity contribution in [2.75, 3.05) is 0 Å². The Morgan fingerprint density at radius 1 is 1.33 bits per heavy atom. The van der Waals surface area contributed by atoms with E-state index in [0.29, 0.717) is 23.8 Å². The molecule has 4 nitrogen and oxygen atoms in total. The fourth-order valence-electron chi connectivity index (χ4n) is 2.77. The van der Waals surface area contributed by atoms with Gasteiger partial charge in [-0.3, -0.25) is 4.68 Å². The summed E-state index contributed by atoms with van der Waals surface area (Å²) in [5.74, 6) is -0.254. The highest BCUT2D eigenvalue weighted by atomic mass is 19.1. The van der Waals surface area contributed by atoms with Gasteiger partial charge in [-0.15, -0.1) is 0 Å². The van der Waals surface area contributed by atoms with Gasteiger partial charge in [0, 0.05) is 37.0 Å². The van der Waals surface area contributed by atoms with E-state index >= 15 is 0 Å². The van der Waals surface area contributed by atoms with E-state index in [1.165, 1.54) is 6.07 Å². The second-order valence-electron chi connectivity index (χ2n) is 7.14. The zero-order chi connectivity index (χ0) is 17.7. The Hall–Kier alpha value is -1.72. The van der Waals surface area contributed by atoms with Crippen LogP contribution in [0.3, 0.4) is 0 Å². The van der Waals surface area contributed by atoms with Crippen LogP contribution in [0.4, 0.5) is 4.39 Å². The molecule has 5 heteroatoms. The van der Waals surface area contributed by atoms with Crippen molar-refractivity contribution in [1.82, 2.24) is 15.1 Å². The monoisotopic (exact) mass is 333 g/mol. The first kappa shape index (κ1) is 18.6. The molecular formula is C19H28FN3O. The van der Waals surface area contributed by atoms with Gasteiger partial charge in [-0.25, -0.2) is 4.39 Å². The van der Waals surface area contributed by atoms with Crippen molar-refractivity contribution in [1.29, 1.82) is 0 Å². The van der Waals surface area contributed by atoms with Gasteiger partial charge < -0.3 is 10.4 Å². The van der Waals surface area contributed by atoms with E-state index in [1.807, 2.05) is 33.2 Å². The number of aromatic nitrogens is 2.